The molecule has 0 spiro atoms. The molecular formula is C16H26N4O. The van der Waals surface area contributed by atoms with Gasteiger partial charge in [0.15, 0.2) is 5.96 Å². The third-order valence-electron chi connectivity index (χ3n) is 2.75. The Morgan fingerprint density at radius 2 is 2.29 bits per heavy atom. The van der Waals surface area contributed by atoms with Gasteiger partial charge in [0.05, 0.1) is 13.2 Å². The van der Waals surface area contributed by atoms with Crippen LogP contribution in [-0.4, -0.2) is 30.6 Å². The van der Waals surface area contributed by atoms with Crippen LogP contribution in [0.15, 0.2) is 36.0 Å². The number of hydrogen-bond acceptors (Lipinski definition) is 3. The molecule has 0 unspecified atom stereocenters. The molecule has 0 saturated heterocycles. The summed E-state index contributed by atoms with van der Waals surface area (Å²) in [5.41, 5.74) is 0.990. The lowest BCUT2D eigenvalue weighted by atomic mass is 10.3. The van der Waals surface area contributed by atoms with E-state index in [4.69, 9.17) is 4.74 Å². The predicted molar refractivity (Wildman–Crippen MR) is 87.7 cm³/mol. The number of ether oxygens (including phenoxy) is 1. The SMILES string of the molecule is C=CCNC(=NCc1cccnc1OCCCC)NCC. The van der Waals surface area contributed by atoms with Crippen molar-refractivity contribution in [3.63, 3.8) is 0 Å². The maximum Gasteiger partial charge on any atom is 0.218 e. The van der Waals surface area contributed by atoms with Crippen molar-refractivity contribution < 1.29 is 4.74 Å². The van der Waals surface area contributed by atoms with Gasteiger partial charge < -0.3 is 15.4 Å². The van der Waals surface area contributed by atoms with Crippen LogP contribution in [0.25, 0.3) is 0 Å². The van der Waals surface area contributed by atoms with Crippen molar-refractivity contribution in [3.8, 4) is 5.88 Å². The second-order valence-corrected chi connectivity index (χ2v) is 4.53. The summed E-state index contributed by atoms with van der Waals surface area (Å²) in [6.07, 6.45) is 5.69. The Kier molecular flexibility index (Phi) is 8.68. The maximum atomic E-state index is 5.71. The molecule has 0 radical (unpaired) electrons. The number of nitrogens with one attached hydrogen (secondary N) is 2. The van der Waals surface area contributed by atoms with Crippen molar-refractivity contribution in [1.82, 2.24) is 15.6 Å². The quantitative estimate of drug-likeness (QED) is 0.317. The summed E-state index contributed by atoms with van der Waals surface area (Å²) in [6, 6.07) is 3.90. The number of pyridine rings is 1. The summed E-state index contributed by atoms with van der Waals surface area (Å²) in [4.78, 5) is 8.82. The highest BCUT2D eigenvalue weighted by Crippen LogP contribution is 2.15. The van der Waals surface area contributed by atoms with Crippen LogP contribution in [0.1, 0.15) is 32.3 Å². The van der Waals surface area contributed by atoms with Crippen LogP contribution < -0.4 is 15.4 Å². The van der Waals surface area contributed by atoms with Crippen molar-refractivity contribution in [1.29, 1.82) is 0 Å². The standard InChI is InChI=1S/C16H26N4O/c1-4-7-12-21-15-14(9-8-11-18-15)13-20-16(17-6-3)19-10-5-2/h5,8-9,11H,2,4,6-7,10,12-13H2,1,3H3,(H2,17,19,20). The predicted octanol–water partition coefficient (Wildman–Crippen LogP) is 2.50. The van der Waals surface area contributed by atoms with Gasteiger partial charge in [-0.3, -0.25) is 0 Å². The van der Waals surface area contributed by atoms with E-state index in [9.17, 15) is 0 Å². The molecule has 0 aromatic carbocycles. The zero-order chi connectivity index (χ0) is 15.3. The molecule has 0 bridgehead atoms. The van der Waals surface area contributed by atoms with Crippen molar-refractivity contribution >= 4 is 5.96 Å². The molecule has 0 saturated carbocycles. The zero-order valence-electron chi connectivity index (χ0n) is 13.1. The van der Waals surface area contributed by atoms with Crippen LogP contribution in [0.2, 0.25) is 0 Å². The molecule has 21 heavy (non-hydrogen) atoms. The van der Waals surface area contributed by atoms with Crippen molar-refractivity contribution in [3.05, 3.63) is 36.5 Å². The highest BCUT2D eigenvalue weighted by molar-refractivity contribution is 5.79. The molecule has 0 aliphatic rings. The van der Waals surface area contributed by atoms with Gasteiger partial charge in [-0.2, -0.15) is 0 Å². The van der Waals surface area contributed by atoms with Crippen molar-refractivity contribution in [2.24, 2.45) is 4.99 Å². The molecule has 0 atom stereocenters. The largest absolute Gasteiger partial charge is 0.477 e. The number of hydrogen-bond donors (Lipinski definition) is 2. The monoisotopic (exact) mass is 290 g/mol. The first-order valence-corrected chi connectivity index (χ1v) is 7.51. The lowest BCUT2D eigenvalue weighted by Crippen LogP contribution is -2.37. The van der Waals surface area contributed by atoms with Crippen LogP contribution in [0, 0.1) is 0 Å². The Bertz CT molecular complexity index is 446. The molecule has 1 heterocycles. The van der Waals surface area contributed by atoms with E-state index in [1.54, 1.807) is 12.3 Å². The van der Waals surface area contributed by atoms with Gasteiger partial charge in [-0.05, 0) is 19.4 Å². The van der Waals surface area contributed by atoms with E-state index in [-0.39, 0.29) is 0 Å². The fraction of sp³-hybridized carbons (Fsp3) is 0.500. The number of unbranched alkanes of at least 4 members (excludes halogenated alkanes) is 1. The van der Waals surface area contributed by atoms with E-state index in [0.29, 0.717) is 25.6 Å². The van der Waals surface area contributed by atoms with Crippen molar-refractivity contribution in [2.75, 3.05) is 19.7 Å². The minimum Gasteiger partial charge on any atom is -0.477 e. The second kappa shape index (κ2) is 10.7. The van der Waals surface area contributed by atoms with E-state index in [0.717, 1.165) is 30.9 Å². The van der Waals surface area contributed by atoms with Gasteiger partial charge >= 0.3 is 0 Å². The van der Waals surface area contributed by atoms with Gasteiger partial charge in [0.1, 0.15) is 0 Å². The fourth-order valence-electron chi connectivity index (χ4n) is 1.66. The van der Waals surface area contributed by atoms with Crippen LogP contribution in [-0.2, 0) is 6.54 Å². The first kappa shape index (κ1) is 17.0. The minimum atomic E-state index is 0.530. The summed E-state index contributed by atoms with van der Waals surface area (Å²) in [5, 5.41) is 6.36. The van der Waals surface area contributed by atoms with E-state index < -0.39 is 0 Å². The maximum absolute atomic E-state index is 5.71. The van der Waals surface area contributed by atoms with Gasteiger partial charge in [-0.25, -0.2) is 9.98 Å². The van der Waals surface area contributed by atoms with E-state index in [1.807, 2.05) is 19.1 Å². The highest BCUT2D eigenvalue weighted by atomic mass is 16.5. The summed E-state index contributed by atoms with van der Waals surface area (Å²) in [6.45, 7) is 10.6. The molecule has 2 N–H and O–H groups in total. The van der Waals surface area contributed by atoms with Gasteiger partial charge in [0, 0.05) is 24.8 Å². The Morgan fingerprint density at radius 1 is 1.43 bits per heavy atom. The van der Waals surface area contributed by atoms with Crippen LogP contribution in [0.4, 0.5) is 0 Å². The molecule has 1 rings (SSSR count). The average molecular weight is 290 g/mol. The molecule has 0 fully saturated rings. The topological polar surface area (TPSA) is 58.5 Å². The lowest BCUT2D eigenvalue weighted by molar-refractivity contribution is 0.294. The fourth-order valence-corrected chi connectivity index (χ4v) is 1.66. The Labute approximate surface area is 127 Å². The normalized spacial score (nSPS) is 11.0. The van der Waals surface area contributed by atoms with Crippen LogP contribution in [0.3, 0.4) is 0 Å². The highest BCUT2D eigenvalue weighted by Gasteiger charge is 2.04. The van der Waals surface area contributed by atoms with Gasteiger partial charge in [0.25, 0.3) is 0 Å². The summed E-state index contributed by atoms with van der Waals surface area (Å²) in [7, 11) is 0. The molecule has 116 valence electrons. The molecule has 0 amide bonds. The Balaban J connectivity index is 2.68. The second-order valence-electron chi connectivity index (χ2n) is 4.53. The third-order valence-corrected chi connectivity index (χ3v) is 2.75. The first-order chi connectivity index (χ1) is 10.3. The Hall–Kier alpha value is -2.04. The van der Waals surface area contributed by atoms with Gasteiger partial charge in [-0.15, -0.1) is 6.58 Å². The molecule has 0 aliphatic carbocycles. The molecule has 0 aliphatic heterocycles. The first-order valence-electron chi connectivity index (χ1n) is 7.51. The Morgan fingerprint density at radius 3 is 3.00 bits per heavy atom. The van der Waals surface area contributed by atoms with Gasteiger partial charge in [0.2, 0.25) is 5.88 Å². The molecule has 1 aromatic rings. The number of nitrogens with zero attached hydrogens (tertiary/aromatic N) is 2. The summed E-state index contributed by atoms with van der Waals surface area (Å²) >= 11 is 0. The summed E-state index contributed by atoms with van der Waals surface area (Å²) in [5.74, 6) is 1.44. The van der Waals surface area contributed by atoms with Crippen molar-refractivity contribution in [2.45, 2.75) is 33.2 Å². The molecular weight excluding hydrogens is 264 g/mol. The number of aliphatic imine (C=N–C) groups is 1. The van der Waals surface area contributed by atoms with E-state index in [1.165, 1.54) is 0 Å². The van der Waals surface area contributed by atoms with E-state index in [2.05, 4.69) is 34.1 Å². The minimum absolute atomic E-state index is 0.530. The number of aromatic nitrogens is 1. The lowest BCUT2D eigenvalue weighted by Gasteiger charge is -2.11. The summed E-state index contributed by atoms with van der Waals surface area (Å²) < 4.78 is 5.71. The molecule has 5 nitrogen and oxygen atoms in total. The smallest absolute Gasteiger partial charge is 0.218 e. The van der Waals surface area contributed by atoms with Crippen LogP contribution in [0.5, 0.6) is 5.88 Å². The molecule has 1 aromatic heterocycles. The molecule has 5 heteroatoms. The van der Waals surface area contributed by atoms with Gasteiger partial charge in [-0.1, -0.05) is 25.5 Å². The zero-order valence-corrected chi connectivity index (χ0v) is 13.1. The van der Waals surface area contributed by atoms with Crippen LogP contribution >= 0.6 is 0 Å². The number of rotatable bonds is 9. The third kappa shape index (κ3) is 6.79. The number of guanidine groups is 1. The van der Waals surface area contributed by atoms with E-state index >= 15 is 0 Å². The average Bonchev–Trinajstić information content (AvgIpc) is 2.51.